The quantitative estimate of drug-likeness (QED) is 0.212. The minimum atomic E-state index is -5.98. The van der Waals surface area contributed by atoms with E-state index in [-0.39, 0.29) is 37.0 Å². The van der Waals surface area contributed by atoms with Crippen LogP contribution in [0.2, 0.25) is 0 Å². The second-order valence-corrected chi connectivity index (χ2v) is 12.5. The predicted octanol–water partition coefficient (Wildman–Crippen LogP) is 4.23. The Hall–Kier alpha value is -1.54. The Bertz CT molecular complexity index is 920. The van der Waals surface area contributed by atoms with Gasteiger partial charge in [0.2, 0.25) is 0 Å². The minimum Gasteiger partial charge on any atom is -0.455 e. The molecule has 4 aliphatic rings. The van der Waals surface area contributed by atoms with Crippen LogP contribution in [0.4, 0.5) is 22.0 Å². The lowest BCUT2D eigenvalue weighted by atomic mass is 9.49. The molecule has 8 nitrogen and oxygen atoms in total. The maximum atomic E-state index is 14.3. The fourth-order valence-electron chi connectivity index (χ4n) is 5.77. The molecule has 4 bridgehead atoms. The van der Waals surface area contributed by atoms with Crippen molar-refractivity contribution in [2.24, 2.45) is 23.2 Å². The third-order valence-electron chi connectivity index (χ3n) is 6.82. The Morgan fingerprint density at radius 3 is 1.74 bits per heavy atom. The van der Waals surface area contributed by atoms with Crippen molar-refractivity contribution >= 4 is 22.1 Å². The van der Waals surface area contributed by atoms with Crippen LogP contribution in [0.15, 0.2) is 0 Å². The fourth-order valence-corrected chi connectivity index (χ4v) is 6.11. The fraction of sp³-hybridized carbons (Fsp3) is 0.905. The standard InChI is InChI=1S/C21H29F5O8S/c1-17(2,3)33-16(28)20(21(24,25)26,32-5-4-19(22,23)35(29,30)31)34-15(27)18-9-12-6-13(10-18)8-14(7-12)11-18/h12-14H,4-11H2,1-3H3,(H,29,30,31). The molecule has 35 heavy (non-hydrogen) atoms. The molecule has 4 rings (SSSR count). The van der Waals surface area contributed by atoms with Crippen molar-refractivity contribution in [2.45, 2.75) is 88.5 Å². The second-order valence-electron chi connectivity index (χ2n) is 10.9. The molecule has 0 aromatic rings. The van der Waals surface area contributed by atoms with Gasteiger partial charge in [0.25, 0.3) is 0 Å². The van der Waals surface area contributed by atoms with Crippen molar-refractivity contribution in [1.82, 2.24) is 0 Å². The molecule has 0 radical (unpaired) electrons. The first-order valence-corrected chi connectivity index (χ1v) is 12.7. The highest BCUT2D eigenvalue weighted by Crippen LogP contribution is 2.61. The molecule has 14 heteroatoms. The molecule has 0 spiro atoms. The average molecular weight is 537 g/mol. The molecular weight excluding hydrogens is 507 g/mol. The van der Waals surface area contributed by atoms with E-state index in [0.717, 1.165) is 19.3 Å². The van der Waals surface area contributed by atoms with Crippen LogP contribution in [0, 0.1) is 23.2 Å². The number of rotatable bonds is 8. The van der Waals surface area contributed by atoms with Crippen molar-refractivity contribution in [1.29, 1.82) is 0 Å². The molecule has 4 saturated carbocycles. The smallest absolute Gasteiger partial charge is 0.455 e. The van der Waals surface area contributed by atoms with E-state index in [1.165, 1.54) is 20.8 Å². The average Bonchev–Trinajstić information content (AvgIpc) is 2.62. The second kappa shape index (κ2) is 8.79. The Balaban J connectivity index is 1.93. The summed E-state index contributed by atoms with van der Waals surface area (Å²) in [4.78, 5) is 26.0. The number of hydrogen-bond donors (Lipinski definition) is 1. The number of alkyl halides is 5. The summed E-state index contributed by atoms with van der Waals surface area (Å²) < 4.78 is 114. The molecule has 1 unspecified atom stereocenters. The SMILES string of the molecule is CC(C)(C)OC(=O)C(OCCC(F)(F)S(=O)(=O)O)(OC(=O)C12CC3CC(CC(C3)C1)C2)C(F)(F)F. The molecule has 1 atom stereocenters. The number of carbonyl (C=O) groups is 2. The Kier molecular flexibility index (Phi) is 7.04. The van der Waals surface area contributed by atoms with Gasteiger partial charge >= 0.3 is 39.3 Å². The molecule has 0 amide bonds. The van der Waals surface area contributed by atoms with Crippen molar-refractivity contribution in [3.05, 3.63) is 0 Å². The van der Waals surface area contributed by atoms with E-state index >= 15 is 0 Å². The summed E-state index contributed by atoms with van der Waals surface area (Å²) in [6.45, 7) is 2.00. The van der Waals surface area contributed by atoms with Crippen molar-refractivity contribution in [2.75, 3.05) is 6.61 Å². The first-order valence-electron chi connectivity index (χ1n) is 11.2. The lowest BCUT2D eigenvalue weighted by Crippen LogP contribution is -2.62. The van der Waals surface area contributed by atoms with Crippen LogP contribution >= 0.6 is 0 Å². The van der Waals surface area contributed by atoms with Gasteiger partial charge in [0.15, 0.2) is 0 Å². The molecule has 202 valence electrons. The molecule has 1 N–H and O–H groups in total. The van der Waals surface area contributed by atoms with E-state index in [2.05, 4.69) is 4.74 Å². The predicted molar refractivity (Wildman–Crippen MR) is 108 cm³/mol. The summed E-state index contributed by atoms with van der Waals surface area (Å²) in [5, 5.41) is -4.87. The lowest BCUT2D eigenvalue weighted by Gasteiger charge is -2.55. The van der Waals surface area contributed by atoms with Crippen LogP contribution in [-0.4, -0.2) is 54.3 Å². The number of halogens is 5. The molecule has 0 saturated heterocycles. The van der Waals surface area contributed by atoms with E-state index < -0.39 is 63.3 Å². The Labute approximate surface area is 199 Å². The molecular formula is C21H29F5O8S. The van der Waals surface area contributed by atoms with Crippen LogP contribution in [-0.2, 0) is 33.9 Å². The van der Waals surface area contributed by atoms with Gasteiger partial charge in [0.05, 0.1) is 18.4 Å². The van der Waals surface area contributed by atoms with Crippen LogP contribution < -0.4 is 0 Å². The maximum Gasteiger partial charge on any atom is 0.468 e. The van der Waals surface area contributed by atoms with Crippen molar-refractivity contribution in [3.8, 4) is 0 Å². The third-order valence-corrected chi connectivity index (χ3v) is 7.78. The maximum absolute atomic E-state index is 14.3. The topological polar surface area (TPSA) is 116 Å². The van der Waals surface area contributed by atoms with E-state index in [9.17, 15) is 40.0 Å². The van der Waals surface area contributed by atoms with E-state index in [1.54, 1.807) is 0 Å². The number of carbonyl (C=O) groups excluding carboxylic acids is 2. The first-order chi connectivity index (χ1) is 15.7. The van der Waals surface area contributed by atoms with Gasteiger partial charge in [0.1, 0.15) is 5.60 Å². The molecule has 4 aliphatic carbocycles. The van der Waals surface area contributed by atoms with Crippen molar-refractivity contribution < 1.29 is 58.7 Å². The summed E-state index contributed by atoms with van der Waals surface area (Å²) in [5.41, 5.74) is -2.78. The largest absolute Gasteiger partial charge is 0.468 e. The van der Waals surface area contributed by atoms with Gasteiger partial charge in [-0.15, -0.1) is 0 Å². The van der Waals surface area contributed by atoms with Gasteiger partial charge in [-0.3, -0.25) is 9.35 Å². The molecule has 0 aromatic carbocycles. The number of ether oxygens (including phenoxy) is 3. The first kappa shape index (κ1) is 28.0. The van der Waals surface area contributed by atoms with Gasteiger partial charge in [-0.2, -0.15) is 30.4 Å². The minimum absolute atomic E-state index is 0.130. The molecule has 0 aromatic heterocycles. The van der Waals surface area contributed by atoms with Crippen LogP contribution in [0.1, 0.15) is 65.7 Å². The van der Waals surface area contributed by atoms with E-state index in [0.29, 0.717) is 0 Å². The summed E-state index contributed by atoms with van der Waals surface area (Å²) in [7, 11) is -5.98. The van der Waals surface area contributed by atoms with Crippen LogP contribution in [0.3, 0.4) is 0 Å². The Morgan fingerprint density at radius 2 is 1.37 bits per heavy atom. The van der Waals surface area contributed by atoms with Gasteiger partial charge in [-0.05, 0) is 77.0 Å². The number of hydrogen-bond acceptors (Lipinski definition) is 7. The van der Waals surface area contributed by atoms with Gasteiger partial charge in [0, 0.05) is 0 Å². The van der Waals surface area contributed by atoms with Crippen molar-refractivity contribution in [3.63, 3.8) is 0 Å². The summed E-state index contributed by atoms with van der Waals surface area (Å²) in [6, 6.07) is 0. The van der Waals surface area contributed by atoms with E-state index in [1.807, 2.05) is 0 Å². The lowest BCUT2D eigenvalue weighted by molar-refractivity contribution is -0.362. The third kappa shape index (κ3) is 5.58. The zero-order chi connectivity index (χ0) is 26.7. The highest BCUT2D eigenvalue weighted by molar-refractivity contribution is 7.86. The van der Waals surface area contributed by atoms with Gasteiger partial charge in [-0.1, -0.05) is 0 Å². The van der Waals surface area contributed by atoms with E-state index in [4.69, 9.17) is 14.0 Å². The summed E-state index contributed by atoms with van der Waals surface area (Å²) >= 11 is 0. The zero-order valence-electron chi connectivity index (χ0n) is 19.5. The normalized spacial score (nSPS) is 30.6. The highest BCUT2D eigenvalue weighted by Gasteiger charge is 2.70. The summed E-state index contributed by atoms with van der Waals surface area (Å²) in [6.07, 6.45) is -4.32. The van der Waals surface area contributed by atoms with Crippen LogP contribution in [0.25, 0.3) is 0 Å². The number of esters is 2. The molecule has 0 heterocycles. The monoisotopic (exact) mass is 536 g/mol. The zero-order valence-corrected chi connectivity index (χ0v) is 20.3. The molecule has 4 fully saturated rings. The van der Waals surface area contributed by atoms with Gasteiger partial charge in [-0.25, -0.2) is 4.79 Å². The van der Waals surface area contributed by atoms with Gasteiger partial charge < -0.3 is 14.2 Å². The Morgan fingerprint density at radius 1 is 0.914 bits per heavy atom. The molecule has 0 aliphatic heterocycles. The highest BCUT2D eigenvalue weighted by atomic mass is 32.2. The summed E-state index contributed by atoms with van der Waals surface area (Å²) in [5.74, 6) is -7.54. The van der Waals surface area contributed by atoms with Crippen LogP contribution in [0.5, 0.6) is 0 Å².